The molecule has 0 aliphatic carbocycles. The fourth-order valence-corrected chi connectivity index (χ4v) is 2.48. The number of benzene rings is 1. The molecule has 5 atom stereocenters. The van der Waals surface area contributed by atoms with E-state index in [1.54, 1.807) is 11.8 Å². The van der Waals surface area contributed by atoms with Crippen molar-refractivity contribution in [2.75, 3.05) is 18.6 Å². The van der Waals surface area contributed by atoms with Crippen LogP contribution in [-0.4, -0.2) is 98.2 Å². The van der Waals surface area contributed by atoms with Crippen molar-refractivity contribution < 1.29 is 44.7 Å². The van der Waals surface area contributed by atoms with Crippen molar-refractivity contribution in [2.24, 2.45) is 28.7 Å². The van der Waals surface area contributed by atoms with E-state index in [-0.39, 0.29) is 0 Å². The summed E-state index contributed by atoms with van der Waals surface area (Å²) in [4.78, 5) is 40.3. The molecule has 1 aromatic rings. The minimum Gasteiger partial charge on any atom is -0.480 e. The predicted octanol–water partition coefficient (Wildman–Crippen LogP) is -1.29. The third-order valence-electron chi connectivity index (χ3n) is 4.41. The van der Waals surface area contributed by atoms with Gasteiger partial charge in [0.1, 0.15) is 24.2 Å². The van der Waals surface area contributed by atoms with Gasteiger partial charge in [-0.25, -0.2) is 0 Å². The van der Waals surface area contributed by atoms with Crippen LogP contribution in [0.15, 0.2) is 30.3 Å². The number of rotatable bonds is 13. The topological polar surface area (TPSA) is 300 Å². The van der Waals surface area contributed by atoms with Gasteiger partial charge in [-0.05, 0) is 56.7 Å². The maximum Gasteiger partial charge on any atom is 0.323 e. The number of thioether (sulfide) groups is 1. The third-order valence-corrected chi connectivity index (χ3v) is 5.05. The van der Waals surface area contributed by atoms with Gasteiger partial charge in [-0.15, -0.1) is 0 Å². The maximum atomic E-state index is 10.4. The second-order valence-corrected chi connectivity index (χ2v) is 8.83. The van der Waals surface area contributed by atoms with Gasteiger partial charge >= 0.3 is 23.9 Å². The summed E-state index contributed by atoms with van der Waals surface area (Å²) in [5, 5.41) is 41.6. The number of aliphatic hydroxyl groups excluding tert-OH is 1. The van der Waals surface area contributed by atoms with Gasteiger partial charge in [0.15, 0.2) is 0 Å². The lowest BCUT2D eigenvalue weighted by Crippen LogP contribution is -2.39. The van der Waals surface area contributed by atoms with Crippen LogP contribution in [-0.2, 0) is 25.6 Å². The van der Waals surface area contributed by atoms with Crippen LogP contribution in [0.25, 0.3) is 0 Å². The molecule has 1 rings (SSSR count). The van der Waals surface area contributed by atoms with Crippen LogP contribution in [0.3, 0.4) is 0 Å². The standard InChI is InChI=1S/C9H11NO2.C5H12N2O2.C5H11NO2S.C4H9NO3/c10-8(9(11)12)6-7-4-2-1-3-5-7;6-3-1-2-4(7)5(8)9;1-9-3-2-4(6)5(7)8;1-2(6)3(5)4(7)8/h1-5,8H,6,10H2,(H,11,12);4H,1-3,6-7H2,(H,8,9);4H,2-3,6H2,1H3,(H,7,8);2-3,6H,5H2,1H3,(H,7,8)/t8-;2*4-;2-,3+/m0001/s1. The lowest BCUT2D eigenvalue weighted by Gasteiger charge is -2.06. The van der Waals surface area contributed by atoms with Crippen LogP contribution in [0.2, 0.25) is 0 Å². The molecule has 14 nitrogen and oxygen atoms in total. The van der Waals surface area contributed by atoms with Crippen molar-refractivity contribution in [1.29, 1.82) is 0 Å². The fraction of sp³-hybridized carbons (Fsp3) is 0.565. The molecule has 1 aromatic carbocycles. The van der Waals surface area contributed by atoms with Gasteiger partial charge in [-0.1, -0.05) is 30.3 Å². The number of carboxylic acids is 4. The molecule has 0 aliphatic rings. The van der Waals surface area contributed by atoms with E-state index >= 15 is 0 Å². The van der Waals surface area contributed by atoms with Crippen molar-refractivity contribution in [3.8, 4) is 0 Å². The van der Waals surface area contributed by atoms with Crippen molar-refractivity contribution in [1.82, 2.24) is 0 Å². The van der Waals surface area contributed by atoms with E-state index in [1.165, 1.54) is 6.92 Å². The van der Waals surface area contributed by atoms with E-state index in [2.05, 4.69) is 0 Å². The normalized spacial score (nSPS) is 13.8. The summed E-state index contributed by atoms with van der Waals surface area (Å²) >= 11 is 1.60. The zero-order chi connectivity index (χ0) is 30.3. The lowest BCUT2D eigenvalue weighted by molar-refractivity contribution is -0.141. The van der Waals surface area contributed by atoms with E-state index in [1.807, 2.05) is 36.6 Å². The second-order valence-electron chi connectivity index (χ2n) is 7.84. The van der Waals surface area contributed by atoms with Gasteiger partial charge in [0.05, 0.1) is 6.10 Å². The van der Waals surface area contributed by atoms with E-state index in [0.717, 1.165) is 11.3 Å². The summed E-state index contributed by atoms with van der Waals surface area (Å²) in [5.41, 5.74) is 26.7. The molecule has 0 spiro atoms. The number of carboxylic acid groups (broad SMARTS) is 4. The Labute approximate surface area is 226 Å². The Balaban J connectivity index is -0.000000436. The second kappa shape index (κ2) is 24.5. The molecule has 0 aromatic heterocycles. The number of hydrogen-bond acceptors (Lipinski definition) is 11. The molecule has 15 N–H and O–H groups in total. The van der Waals surface area contributed by atoms with E-state index in [9.17, 15) is 19.2 Å². The fourth-order valence-electron chi connectivity index (χ4n) is 1.99. The lowest BCUT2D eigenvalue weighted by atomic mass is 10.1. The van der Waals surface area contributed by atoms with Gasteiger partial charge in [0.2, 0.25) is 0 Å². The van der Waals surface area contributed by atoms with E-state index < -0.39 is 54.1 Å². The van der Waals surface area contributed by atoms with Gasteiger partial charge in [0.25, 0.3) is 0 Å². The maximum absolute atomic E-state index is 10.4. The largest absolute Gasteiger partial charge is 0.480 e. The molecule has 38 heavy (non-hydrogen) atoms. The highest BCUT2D eigenvalue weighted by Crippen LogP contribution is 2.01. The van der Waals surface area contributed by atoms with E-state index in [0.29, 0.717) is 32.2 Å². The zero-order valence-electron chi connectivity index (χ0n) is 21.7. The minimum atomic E-state index is -1.18. The Kier molecular flexibility index (Phi) is 25.7. The molecule has 0 unspecified atom stereocenters. The summed E-state index contributed by atoms with van der Waals surface area (Å²) in [7, 11) is 0. The number of nitrogens with two attached hydrogens (primary N) is 5. The first kappa shape index (κ1) is 39.7. The molecule has 0 heterocycles. The Bertz CT molecular complexity index is 764. The van der Waals surface area contributed by atoms with Crippen LogP contribution >= 0.6 is 11.8 Å². The van der Waals surface area contributed by atoms with Gasteiger partial charge in [0, 0.05) is 0 Å². The van der Waals surface area contributed by atoms with E-state index in [4.69, 9.17) is 54.2 Å². The molecule has 0 fully saturated rings. The van der Waals surface area contributed by atoms with Crippen molar-refractivity contribution >= 4 is 35.6 Å². The first-order valence-corrected chi connectivity index (χ1v) is 12.9. The van der Waals surface area contributed by atoms with Gasteiger partial charge in [-0.3, -0.25) is 19.2 Å². The smallest absolute Gasteiger partial charge is 0.323 e. The molecular formula is C23H43N5O9S. The number of hydrogen-bond donors (Lipinski definition) is 10. The quantitative estimate of drug-likeness (QED) is 0.133. The van der Waals surface area contributed by atoms with Crippen molar-refractivity contribution in [2.45, 2.75) is 62.9 Å². The van der Waals surface area contributed by atoms with Crippen LogP contribution in [0.4, 0.5) is 0 Å². The molecule has 0 saturated carbocycles. The molecule has 15 heteroatoms. The molecule has 220 valence electrons. The zero-order valence-corrected chi connectivity index (χ0v) is 22.5. The summed E-state index contributed by atoms with van der Waals surface area (Å²) < 4.78 is 0. The summed E-state index contributed by atoms with van der Waals surface area (Å²) in [6, 6.07) is 5.96. The van der Waals surface area contributed by atoms with Gasteiger partial charge in [-0.2, -0.15) is 11.8 Å². The summed E-state index contributed by atoms with van der Waals surface area (Å²) in [6.45, 7) is 1.83. The number of aliphatic carboxylic acids is 4. The predicted molar refractivity (Wildman–Crippen MR) is 146 cm³/mol. The van der Waals surface area contributed by atoms with Crippen LogP contribution in [0, 0.1) is 0 Å². The highest BCUT2D eigenvalue weighted by molar-refractivity contribution is 7.98. The summed E-state index contributed by atoms with van der Waals surface area (Å²) in [6.07, 6.45) is 3.02. The Morgan fingerprint density at radius 1 is 0.789 bits per heavy atom. The SMILES string of the molecule is CSCC[C@H](N)C(=O)O.C[C@@H](O)[C@H](N)C(=O)O.NCCC[C@H](N)C(=O)O.N[C@@H](Cc1ccccc1)C(=O)O. The number of aliphatic hydroxyl groups is 1. The van der Waals surface area contributed by atoms with Gasteiger partial charge < -0.3 is 54.2 Å². The monoisotopic (exact) mass is 565 g/mol. The average Bonchev–Trinajstić information content (AvgIpc) is 2.86. The average molecular weight is 566 g/mol. The molecule has 0 bridgehead atoms. The first-order valence-electron chi connectivity index (χ1n) is 11.5. The molecule has 0 radical (unpaired) electrons. The highest BCUT2D eigenvalue weighted by Gasteiger charge is 2.16. The highest BCUT2D eigenvalue weighted by atomic mass is 32.2. The Hall–Kier alpha value is -2.79. The molecule has 0 aliphatic heterocycles. The number of carbonyl (C=O) groups is 4. The third kappa shape index (κ3) is 24.9. The van der Waals surface area contributed by atoms with Crippen LogP contribution < -0.4 is 28.7 Å². The minimum absolute atomic E-state index is 0.385. The van der Waals surface area contributed by atoms with Crippen LogP contribution in [0.1, 0.15) is 31.7 Å². The van der Waals surface area contributed by atoms with Crippen molar-refractivity contribution in [3.63, 3.8) is 0 Å². The summed E-state index contributed by atoms with van der Waals surface area (Å²) in [5.74, 6) is -3.20. The Morgan fingerprint density at radius 3 is 1.55 bits per heavy atom. The van der Waals surface area contributed by atoms with Crippen LogP contribution in [0.5, 0.6) is 0 Å². The Morgan fingerprint density at radius 2 is 1.24 bits per heavy atom. The first-order chi connectivity index (χ1) is 17.6. The molecular weight excluding hydrogens is 522 g/mol. The molecule has 0 amide bonds. The van der Waals surface area contributed by atoms with Crippen molar-refractivity contribution in [3.05, 3.63) is 35.9 Å². The molecule has 0 saturated heterocycles.